The van der Waals surface area contributed by atoms with Gasteiger partial charge in [0.1, 0.15) is 0 Å². The van der Waals surface area contributed by atoms with E-state index >= 15 is 0 Å². The summed E-state index contributed by atoms with van der Waals surface area (Å²) in [4.78, 5) is 2.48. The normalized spacial score (nSPS) is 25.2. The number of likely N-dealkylation sites (tertiary alicyclic amines) is 1. The first kappa shape index (κ1) is 13.6. The molecule has 1 N–H and O–H groups in total. The monoisotopic (exact) mass is 246 g/mol. The molecule has 0 saturated carbocycles. The van der Waals surface area contributed by atoms with E-state index in [-0.39, 0.29) is 0 Å². The molecular weight excluding hydrogens is 220 g/mol. The van der Waals surface area contributed by atoms with Crippen molar-refractivity contribution in [1.82, 2.24) is 10.2 Å². The predicted molar refractivity (Wildman–Crippen MR) is 77.8 cm³/mol. The molecule has 0 amide bonds. The summed E-state index contributed by atoms with van der Waals surface area (Å²) in [6.45, 7) is 5.82. The standard InChI is InChI=1S/C16H26N2/c1-3-9-17-16-11-15(12-18(2)13-16)10-14-7-5-4-6-8-14/h4-8,15-17H,3,9-13H2,1-2H3. The van der Waals surface area contributed by atoms with Crippen LogP contribution in [0.2, 0.25) is 0 Å². The number of likely N-dealkylation sites (N-methyl/N-ethyl adjacent to an activating group) is 1. The van der Waals surface area contributed by atoms with E-state index in [1.54, 1.807) is 0 Å². The lowest BCUT2D eigenvalue weighted by atomic mass is 9.89. The molecule has 1 saturated heterocycles. The van der Waals surface area contributed by atoms with E-state index in [0.29, 0.717) is 6.04 Å². The summed E-state index contributed by atoms with van der Waals surface area (Å²) in [6.07, 6.45) is 3.76. The van der Waals surface area contributed by atoms with Crippen molar-refractivity contribution in [3.8, 4) is 0 Å². The summed E-state index contributed by atoms with van der Waals surface area (Å²) in [5.74, 6) is 0.792. The minimum Gasteiger partial charge on any atom is -0.313 e. The van der Waals surface area contributed by atoms with Crippen LogP contribution in [0.5, 0.6) is 0 Å². The smallest absolute Gasteiger partial charge is 0.0198 e. The fourth-order valence-electron chi connectivity index (χ4n) is 3.03. The maximum Gasteiger partial charge on any atom is 0.0198 e. The third kappa shape index (κ3) is 4.11. The third-order valence-corrected chi connectivity index (χ3v) is 3.77. The molecule has 100 valence electrons. The van der Waals surface area contributed by atoms with Crippen LogP contribution in [-0.2, 0) is 6.42 Å². The lowest BCUT2D eigenvalue weighted by Gasteiger charge is -2.36. The second-order valence-electron chi connectivity index (χ2n) is 5.66. The molecule has 1 aromatic carbocycles. The molecule has 1 aliphatic rings. The zero-order valence-corrected chi connectivity index (χ0v) is 11.7. The average molecular weight is 246 g/mol. The summed E-state index contributed by atoms with van der Waals surface area (Å²) < 4.78 is 0. The molecule has 0 radical (unpaired) electrons. The van der Waals surface area contributed by atoms with Gasteiger partial charge in [0, 0.05) is 19.1 Å². The molecule has 2 heteroatoms. The van der Waals surface area contributed by atoms with Gasteiger partial charge < -0.3 is 10.2 Å². The first-order valence-electron chi connectivity index (χ1n) is 7.23. The Bertz CT molecular complexity index is 336. The number of nitrogens with one attached hydrogen (secondary N) is 1. The van der Waals surface area contributed by atoms with Crippen LogP contribution < -0.4 is 5.32 Å². The first-order valence-corrected chi connectivity index (χ1v) is 7.23. The number of hydrogen-bond donors (Lipinski definition) is 1. The van der Waals surface area contributed by atoms with Gasteiger partial charge in [-0.25, -0.2) is 0 Å². The summed E-state index contributed by atoms with van der Waals surface area (Å²) >= 11 is 0. The van der Waals surface area contributed by atoms with Crippen LogP contribution >= 0.6 is 0 Å². The minimum atomic E-state index is 0.678. The fraction of sp³-hybridized carbons (Fsp3) is 0.625. The van der Waals surface area contributed by atoms with E-state index in [0.717, 1.165) is 12.5 Å². The minimum absolute atomic E-state index is 0.678. The van der Waals surface area contributed by atoms with Crippen LogP contribution in [0, 0.1) is 5.92 Å². The predicted octanol–water partition coefficient (Wildman–Crippen LogP) is 2.55. The largest absolute Gasteiger partial charge is 0.313 e. The highest BCUT2D eigenvalue weighted by Crippen LogP contribution is 2.20. The number of nitrogens with zero attached hydrogens (tertiary/aromatic N) is 1. The Labute approximate surface area is 111 Å². The molecular formula is C16H26N2. The average Bonchev–Trinajstić information content (AvgIpc) is 2.37. The van der Waals surface area contributed by atoms with Crippen LogP contribution in [0.3, 0.4) is 0 Å². The molecule has 1 fully saturated rings. The van der Waals surface area contributed by atoms with Gasteiger partial charge in [-0.15, -0.1) is 0 Å². The second-order valence-corrected chi connectivity index (χ2v) is 5.66. The van der Waals surface area contributed by atoms with Crippen LogP contribution in [0.25, 0.3) is 0 Å². The van der Waals surface area contributed by atoms with Crippen molar-refractivity contribution in [3.05, 3.63) is 35.9 Å². The van der Waals surface area contributed by atoms with Crippen LogP contribution in [0.1, 0.15) is 25.3 Å². The highest BCUT2D eigenvalue weighted by molar-refractivity contribution is 5.15. The summed E-state index contributed by atoms with van der Waals surface area (Å²) in [6, 6.07) is 11.6. The summed E-state index contributed by atoms with van der Waals surface area (Å²) in [7, 11) is 2.25. The van der Waals surface area contributed by atoms with Gasteiger partial charge in [-0.2, -0.15) is 0 Å². The molecule has 2 rings (SSSR count). The van der Waals surface area contributed by atoms with E-state index < -0.39 is 0 Å². The Hall–Kier alpha value is -0.860. The molecule has 0 aromatic heterocycles. The highest BCUT2D eigenvalue weighted by Gasteiger charge is 2.24. The Balaban J connectivity index is 1.88. The molecule has 1 aliphatic heterocycles. The van der Waals surface area contributed by atoms with E-state index in [9.17, 15) is 0 Å². The van der Waals surface area contributed by atoms with Crippen molar-refractivity contribution in [1.29, 1.82) is 0 Å². The van der Waals surface area contributed by atoms with E-state index in [1.807, 2.05) is 0 Å². The molecule has 0 aliphatic carbocycles. The second kappa shape index (κ2) is 6.91. The lowest BCUT2D eigenvalue weighted by Crippen LogP contribution is -2.48. The Morgan fingerprint density at radius 3 is 2.72 bits per heavy atom. The van der Waals surface area contributed by atoms with Crippen LogP contribution in [0.15, 0.2) is 30.3 Å². The van der Waals surface area contributed by atoms with Gasteiger partial charge in [0.15, 0.2) is 0 Å². The highest BCUT2D eigenvalue weighted by atomic mass is 15.1. The number of rotatable bonds is 5. The first-order chi connectivity index (χ1) is 8.78. The quantitative estimate of drug-likeness (QED) is 0.859. The molecule has 2 nitrogen and oxygen atoms in total. The molecule has 1 aromatic rings. The van der Waals surface area contributed by atoms with E-state index in [4.69, 9.17) is 0 Å². The molecule has 0 bridgehead atoms. The molecule has 18 heavy (non-hydrogen) atoms. The number of piperidine rings is 1. The number of hydrogen-bond acceptors (Lipinski definition) is 2. The maximum atomic E-state index is 3.68. The van der Waals surface area contributed by atoms with Crippen LogP contribution in [-0.4, -0.2) is 37.6 Å². The van der Waals surface area contributed by atoms with Gasteiger partial charge in [0.2, 0.25) is 0 Å². The SMILES string of the molecule is CCCNC1CC(Cc2ccccc2)CN(C)C1. The zero-order valence-electron chi connectivity index (χ0n) is 11.7. The van der Waals surface area contributed by atoms with Crippen molar-refractivity contribution in [2.75, 3.05) is 26.7 Å². The van der Waals surface area contributed by atoms with E-state index in [1.165, 1.54) is 37.9 Å². The van der Waals surface area contributed by atoms with Gasteiger partial charge in [0.25, 0.3) is 0 Å². The fourth-order valence-corrected chi connectivity index (χ4v) is 3.03. The van der Waals surface area contributed by atoms with Gasteiger partial charge >= 0.3 is 0 Å². The Morgan fingerprint density at radius 2 is 2.00 bits per heavy atom. The molecule has 2 unspecified atom stereocenters. The maximum absolute atomic E-state index is 3.68. The van der Waals surface area contributed by atoms with Crippen molar-refractivity contribution in [2.24, 2.45) is 5.92 Å². The van der Waals surface area contributed by atoms with Crippen molar-refractivity contribution in [3.63, 3.8) is 0 Å². The van der Waals surface area contributed by atoms with Gasteiger partial charge in [-0.1, -0.05) is 37.3 Å². The van der Waals surface area contributed by atoms with Crippen molar-refractivity contribution in [2.45, 2.75) is 32.2 Å². The van der Waals surface area contributed by atoms with Crippen molar-refractivity contribution >= 4 is 0 Å². The Morgan fingerprint density at radius 1 is 1.22 bits per heavy atom. The lowest BCUT2D eigenvalue weighted by molar-refractivity contribution is 0.169. The molecule has 0 spiro atoms. The van der Waals surface area contributed by atoms with Gasteiger partial charge in [0.05, 0.1) is 0 Å². The summed E-state index contributed by atoms with van der Waals surface area (Å²) in [5.41, 5.74) is 1.48. The molecule has 2 atom stereocenters. The summed E-state index contributed by atoms with van der Waals surface area (Å²) in [5, 5.41) is 3.68. The van der Waals surface area contributed by atoms with Gasteiger partial charge in [-0.05, 0) is 44.3 Å². The Kier molecular flexibility index (Phi) is 5.21. The zero-order chi connectivity index (χ0) is 12.8. The third-order valence-electron chi connectivity index (χ3n) is 3.77. The van der Waals surface area contributed by atoms with Crippen LogP contribution in [0.4, 0.5) is 0 Å². The van der Waals surface area contributed by atoms with E-state index in [2.05, 4.69) is 54.5 Å². The van der Waals surface area contributed by atoms with Crippen molar-refractivity contribution < 1.29 is 0 Å². The topological polar surface area (TPSA) is 15.3 Å². The number of benzene rings is 1. The molecule has 1 heterocycles. The van der Waals surface area contributed by atoms with Gasteiger partial charge in [-0.3, -0.25) is 0 Å².